The highest BCUT2D eigenvalue weighted by atomic mass is 16.5. The van der Waals surface area contributed by atoms with E-state index < -0.39 is 0 Å². The molecule has 39 heavy (non-hydrogen) atoms. The van der Waals surface area contributed by atoms with Gasteiger partial charge in [0.1, 0.15) is 0 Å². The van der Waals surface area contributed by atoms with Gasteiger partial charge in [0.2, 0.25) is 5.91 Å². The Bertz CT molecular complexity index is 1000. The molecule has 4 nitrogen and oxygen atoms in total. The Kier molecular flexibility index (Phi) is 6.75. The Hall–Kier alpha value is -0.870. The van der Waals surface area contributed by atoms with Crippen LogP contribution >= 0.6 is 0 Å². The molecule has 1 N–H and O–H groups in total. The van der Waals surface area contributed by atoms with Gasteiger partial charge in [-0.1, -0.05) is 46.8 Å². The highest BCUT2D eigenvalue weighted by Gasteiger charge is 2.71. The van der Waals surface area contributed by atoms with Crippen molar-refractivity contribution in [1.82, 2.24) is 4.90 Å². The van der Waals surface area contributed by atoms with Gasteiger partial charge in [-0.3, -0.25) is 4.79 Å². The number of ether oxygens (including phenoxy) is 1. The maximum Gasteiger partial charge on any atom is 0.223 e. The molecule has 0 radical (unpaired) electrons. The van der Waals surface area contributed by atoms with Gasteiger partial charge in [-0.25, -0.2) is 0 Å². The van der Waals surface area contributed by atoms with Crippen molar-refractivity contribution in [3.05, 3.63) is 12.2 Å². The van der Waals surface area contributed by atoms with Crippen molar-refractivity contribution in [2.24, 2.45) is 56.7 Å². The number of fused-ring (bicyclic) bond motifs is 7. The van der Waals surface area contributed by atoms with Crippen LogP contribution in [0.3, 0.4) is 0 Å². The minimum Gasteiger partial charge on any atom is -0.393 e. The standard InChI is InChI=1S/C35H57NO3/c1-23(2)24-10-15-35(22-29(38)36-18-20-39-21-19-36)17-16-33(6)25(30(24)35)8-9-27-32(5)13-12-28(37)31(3,4)26(32)11-14-34(27,33)7/h24-28,30,37H,1,8-22H2,2-7H3/t24-,25+,26-,27+,28-,30+,32-,33+,34+,35+/m0/s1. The number of hydrogen-bond acceptors (Lipinski definition) is 3. The number of aliphatic hydroxyl groups is 1. The van der Waals surface area contributed by atoms with Gasteiger partial charge in [0.05, 0.1) is 19.3 Å². The third-order valence-corrected chi connectivity index (χ3v) is 15.1. The lowest BCUT2D eigenvalue weighted by molar-refractivity contribution is -0.247. The SMILES string of the molecule is C=C(C)[C@@H]1CC[C@]2(CC(=O)N3CCOCC3)CC[C@]3(C)[C@H](CC[C@@H]4[C@@]5(C)CC[C@H](O)C(C)(C)[C@@H]5CC[C@]43C)[C@@H]12. The predicted molar refractivity (Wildman–Crippen MR) is 157 cm³/mol. The van der Waals surface area contributed by atoms with Crippen molar-refractivity contribution in [1.29, 1.82) is 0 Å². The van der Waals surface area contributed by atoms with Crippen LogP contribution in [0.4, 0.5) is 0 Å². The number of hydrogen-bond donors (Lipinski definition) is 1. The van der Waals surface area contributed by atoms with Crippen LogP contribution in [0.15, 0.2) is 12.2 Å². The number of carbonyl (C=O) groups is 1. The van der Waals surface area contributed by atoms with Crippen LogP contribution < -0.4 is 0 Å². The summed E-state index contributed by atoms with van der Waals surface area (Å²) in [5, 5.41) is 11.0. The molecule has 1 saturated heterocycles. The number of nitrogens with zero attached hydrogens (tertiary/aromatic N) is 1. The Morgan fingerprint density at radius 3 is 2.28 bits per heavy atom. The highest BCUT2D eigenvalue weighted by Crippen LogP contribution is 2.77. The Morgan fingerprint density at radius 1 is 0.872 bits per heavy atom. The molecule has 5 saturated carbocycles. The third kappa shape index (κ3) is 3.85. The molecule has 4 heteroatoms. The maximum atomic E-state index is 13.7. The fraction of sp³-hybridized carbons (Fsp3) is 0.914. The average Bonchev–Trinajstić information content (AvgIpc) is 3.27. The zero-order valence-corrected chi connectivity index (χ0v) is 26.0. The lowest BCUT2D eigenvalue weighted by Gasteiger charge is -2.73. The van der Waals surface area contributed by atoms with Crippen molar-refractivity contribution in [2.75, 3.05) is 26.3 Å². The summed E-state index contributed by atoms with van der Waals surface area (Å²) in [7, 11) is 0. The molecule has 1 heterocycles. The van der Waals surface area contributed by atoms with Crippen LogP contribution in [0.2, 0.25) is 0 Å². The lowest BCUT2D eigenvalue weighted by atomic mass is 9.32. The van der Waals surface area contributed by atoms with Crippen LogP contribution in [0.1, 0.15) is 112 Å². The molecule has 1 aliphatic heterocycles. The van der Waals surface area contributed by atoms with Crippen molar-refractivity contribution in [3.8, 4) is 0 Å². The first kappa shape index (κ1) is 28.3. The summed E-state index contributed by atoms with van der Waals surface area (Å²) in [6.07, 6.45) is 12.8. The molecule has 0 aromatic carbocycles. The van der Waals surface area contributed by atoms with Crippen LogP contribution in [-0.4, -0.2) is 48.3 Å². The first-order valence-corrected chi connectivity index (χ1v) is 16.5. The molecule has 6 fully saturated rings. The van der Waals surface area contributed by atoms with Gasteiger partial charge in [0.15, 0.2) is 0 Å². The molecule has 220 valence electrons. The van der Waals surface area contributed by atoms with Gasteiger partial charge in [-0.05, 0) is 128 Å². The molecule has 0 aromatic heterocycles. The van der Waals surface area contributed by atoms with E-state index >= 15 is 0 Å². The molecule has 10 atom stereocenters. The third-order valence-electron chi connectivity index (χ3n) is 15.1. The molecule has 6 rings (SSSR count). The molecule has 1 amide bonds. The zero-order chi connectivity index (χ0) is 28.0. The van der Waals surface area contributed by atoms with Gasteiger partial charge in [0.25, 0.3) is 0 Å². The molecule has 5 aliphatic carbocycles. The van der Waals surface area contributed by atoms with Gasteiger partial charge in [-0.2, -0.15) is 0 Å². The van der Waals surface area contributed by atoms with E-state index in [0.29, 0.717) is 59.0 Å². The summed E-state index contributed by atoms with van der Waals surface area (Å²) in [6, 6.07) is 0. The number of amides is 1. The maximum absolute atomic E-state index is 13.7. The summed E-state index contributed by atoms with van der Waals surface area (Å²) in [4.78, 5) is 15.8. The lowest BCUT2D eigenvalue weighted by Crippen LogP contribution is -2.66. The second kappa shape index (κ2) is 9.32. The summed E-state index contributed by atoms with van der Waals surface area (Å²) in [5.41, 5.74) is 2.44. The van der Waals surface area contributed by atoms with Crippen LogP contribution in [0.25, 0.3) is 0 Å². The summed E-state index contributed by atoms with van der Waals surface area (Å²) >= 11 is 0. The second-order valence-electron chi connectivity index (χ2n) is 16.6. The van der Waals surface area contributed by atoms with Crippen molar-refractivity contribution in [3.63, 3.8) is 0 Å². The van der Waals surface area contributed by atoms with E-state index in [9.17, 15) is 9.90 Å². The number of allylic oxidation sites excluding steroid dienone is 1. The fourth-order valence-corrected chi connectivity index (χ4v) is 12.8. The Balaban J connectivity index is 1.34. The predicted octanol–water partition coefficient (Wildman–Crippen LogP) is 7.25. The van der Waals surface area contributed by atoms with Gasteiger partial charge >= 0.3 is 0 Å². The van der Waals surface area contributed by atoms with Crippen molar-refractivity contribution >= 4 is 5.91 Å². The largest absolute Gasteiger partial charge is 0.393 e. The number of rotatable bonds is 3. The first-order valence-electron chi connectivity index (χ1n) is 16.5. The normalized spacial score (nSPS) is 50.8. The molecular formula is C35H57NO3. The van der Waals surface area contributed by atoms with E-state index in [0.717, 1.165) is 31.8 Å². The van der Waals surface area contributed by atoms with Gasteiger partial charge in [-0.15, -0.1) is 0 Å². The first-order chi connectivity index (χ1) is 18.3. The number of aliphatic hydroxyl groups excluding tert-OH is 1. The molecule has 6 aliphatic rings. The van der Waals surface area contributed by atoms with Crippen LogP contribution in [-0.2, 0) is 9.53 Å². The Morgan fingerprint density at radius 2 is 1.59 bits per heavy atom. The van der Waals surface area contributed by atoms with E-state index in [4.69, 9.17) is 4.74 Å². The molecule has 0 aromatic rings. The Labute approximate surface area is 238 Å². The van der Waals surface area contributed by atoms with E-state index in [-0.39, 0.29) is 16.9 Å². The summed E-state index contributed by atoms with van der Waals surface area (Å²) in [5.74, 6) is 3.54. The molecule has 0 unspecified atom stereocenters. The smallest absolute Gasteiger partial charge is 0.223 e. The minimum absolute atomic E-state index is 0.00412. The second-order valence-corrected chi connectivity index (χ2v) is 16.6. The summed E-state index contributed by atoms with van der Waals surface area (Å²) < 4.78 is 5.56. The van der Waals surface area contributed by atoms with Crippen LogP contribution in [0.5, 0.6) is 0 Å². The molecule has 0 spiro atoms. The van der Waals surface area contributed by atoms with Gasteiger partial charge in [0, 0.05) is 19.5 Å². The quantitative estimate of drug-likeness (QED) is 0.384. The van der Waals surface area contributed by atoms with Gasteiger partial charge < -0.3 is 14.7 Å². The summed E-state index contributed by atoms with van der Waals surface area (Å²) in [6.45, 7) is 22.4. The molecular weight excluding hydrogens is 482 g/mol. The van der Waals surface area contributed by atoms with E-state index in [2.05, 4.69) is 53.0 Å². The zero-order valence-electron chi connectivity index (χ0n) is 26.0. The number of carbonyl (C=O) groups excluding carboxylic acids is 1. The van der Waals surface area contributed by atoms with E-state index in [1.54, 1.807) is 0 Å². The van der Waals surface area contributed by atoms with E-state index in [1.165, 1.54) is 63.4 Å². The van der Waals surface area contributed by atoms with E-state index in [1.807, 2.05) is 0 Å². The highest BCUT2D eigenvalue weighted by molar-refractivity contribution is 5.77. The topological polar surface area (TPSA) is 49.8 Å². The van der Waals surface area contributed by atoms with Crippen molar-refractivity contribution in [2.45, 2.75) is 118 Å². The van der Waals surface area contributed by atoms with Crippen LogP contribution in [0, 0.1) is 56.7 Å². The monoisotopic (exact) mass is 539 g/mol. The van der Waals surface area contributed by atoms with Crippen molar-refractivity contribution < 1.29 is 14.6 Å². The minimum atomic E-state index is -0.166. The number of morpholine rings is 1. The fourth-order valence-electron chi connectivity index (χ4n) is 12.8. The molecule has 0 bridgehead atoms. The average molecular weight is 540 g/mol.